The Morgan fingerprint density at radius 1 is 1.45 bits per heavy atom. The van der Waals surface area contributed by atoms with Crippen LogP contribution in [0.25, 0.3) is 0 Å². The zero-order chi connectivity index (χ0) is 9.02. The van der Waals surface area contributed by atoms with Crippen molar-refractivity contribution in [1.29, 1.82) is 0 Å². The van der Waals surface area contributed by atoms with E-state index in [4.69, 9.17) is 0 Å². The number of nitrogens with zero attached hydrogens (tertiary/aromatic N) is 1. The number of amides is 1. The third-order valence-corrected chi connectivity index (χ3v) is 2.36. The number of carbonyl (C=O) groups excluding carboxylic acids is 1. The fraction of sp³-hybridized carbons (Fsp3) is 0.857. The molecule has 0 aliphatic heterocycles. The first kappa shape index (κ1) is 10.8. The zero-order valence-electron chi connectivity index (χ0n) is 7.46. The Kier molecular flexibility index (Phi) is 4.52. The quantitative estimate of drug-likeness (QED) is 0.620. The Morgan fingerprint density at radius 3 is 2.18 bits per heavy atom. The van der Waals surface area contributed by atoms with Gasteiger partial charge in [0.05, 0.1) is 6.04 Å². The molecule has 0 fully saturated rings. The lowest BCUT2D eigenvalue weighted by atomic mass is 10.2. The molecule has 0 aromatic carbocycles. The molecule has 0 saturated heterocycles. The van der Waals surface area contributed by atoms with E-state index in [0.29, 0.717) is 0 Å². The van der Waals surface area contributed by atoms with Crippen molar-refractivity contribution < 1.29 is 4.79 Å². The minimum Gasteiger partial charge on any atom is -0.358 e. The Morgan fingerprint density at radius 2 is 1.91 bits per heavy atom. The topological polar surface area (TPSA) is 32.3 Å². The zero-order valence-corrected chi connectivity index (χ0v) is 8.35. The minimum atomic E-state index is -0.177. The highest BCUT2D eigenvalue weighted by atomic mass is 32.1. The molecule has 0 bridgehead atoms. The molecule has 0 aliphatic rings. The molecular weight excluding hydrogens is 160 g/mol. The summed E-state index contributed by atoms with van der Waals surface area (Å²) in [5.41, 5.74) is 0. The van der Waals surface area contributed by atoms with E-state index in [2.05, 4.69) is 18.1 Å². The van der Waals surface area contributed by atoms with Gasteiger partial charge in [0.2, 0.25) is 5.91 Å². The van der Waals surface area contributed by atoms with Gasteiger partial charge in [-0.05, 0) is 20.8 Å². The molecule has 11 heavy (non-hydrogen) atoms. The standard InChI is InChI=1S/C7H16N2OS/c1-5(2)9(11)6(3)7(10)8-4/h5-6,11H,1-4H3,(H,8,10)/t6-/m1/s1. The van der Waals surface area contributed by atoms with Crippen LogP contribution < -0.4 is 5.32 Å². The van der Waals surface area contributed by atoms with E-state index in [1.807, 2.05) is 20.8 Å². The second-order valence-electron chi connectivity index (χ2n) is 2.76. The molecule has 0 heterocycles. The predicted octanol–water partition coefficient (Wildman–Crippen LogP) is 0.676. The van der Waals surface area contributed by atoms with Crippen LogP contribution >= 0.6 is 12.8 Å². The Hall–Kier alpha value is -0.220. The maximum absolute atomic E-state index is 11.1. The van der Waals surface area contributed by atoms with Gasteiger partial charge in [0.25, 0.3) is 0 Å². The van der Waals surface area contributed by atoms with Crippen LogP contribution in [-0.2, 0) is 4.79 Å². The summed E-state index contributed by atoms with van der Waals surface area (Å²) in [5, 5.41) is 2.57. The number of thiol groups is 1. The smallest absolute Gasteiger partial charge is 0.237 e. The molecule has 0 unspecified atom stereocenters. The van der Waals surface area contributed by atoms with E-state index in [9.17, 15) is 4.79 Å². The van der Waals surface area contributed by atoms with Crippen molar-refractivity contribution in [3.05, 3.63) is 0 Å². The first-order chi connectivity index (χ1) is 5.00. The summed E-state index contributed by atoms with van der Waals surface area (Å²) in [6.45, 7) is 5.81. The SMILES string of the molecule is CNC(=O)[C@@H](C)N(S)C(C)C. The molecular formula is C7H16N2OS. The number of hydrogen-bond acceptors (Lipinski definition) is 3. The van der Waals surface area contributed by atoms with E-state index < -0.39 is 0 Å². The first-order valence-electron chi connectivity index (χ1n) is 3.69. The van der Waals surface area contributed by atoms with Crippen molar-refractivity contribution in [2.75, 3.05) is 7.05 Å². The molecule has 0 aliphatic carbocycles. The lowest BCUT2D eigenvalue weighted by Gasteiger charge is -2.25. The highest BCUT2D eigenvalue weighted by molar-refractivity contribution is 7.77. The molecule has 0 radical (unpaired) electrons. The minimum absolute atomic E-state index is 0.00583. The van der Waals surface area contributed by atoms with Crippen LogP contribution in [0.15, 0.2) is 0 Å². The maximum Gasteiger partial charge on any atom is 0.237 e. The number of carbonyl (C=O) groups is 1. The van der Waals surface area contributed by atoms with Gasteiger partial charge in [-0.2, -0.15) is 0 Å². The summed E-state index contributed by atoms with van der Waals surface area (Å²) in [7, 11) is 1.63. The summed E-state index contributed by atoms with van der Waals surface area (Å²) in [4.78, 5) is 11.1. The third-order valence-electron chi connectivity index (χ3n) is 1.55. The number of rotatable bonds is 3. The Bertz CT molecular complexity index is 138. The molecule has 0 aromatic rings. The largest absolute Gasteiger partial charge is 0.358 e. The molecule has 0 saturated carbocycles. The Labute approximate surface area is 73.7 Å². The van der Waals surface area contributed by atoms with E-state index in [1.165, 1.54) is 0 Å². The van der Waals surface area contributed by atoms with E-state index >= 15 is 0 Å². The molecule has 4 heteroatoms. The summed E-state index contributed by atoms with van der Waals surface area (Å²) in [6, 6.07) is 0.0916. The first-order valence-corrected chi connectivity index (χ1v) is 4.09. The van der Waals surface area contributed by atoms with Crippen LogP contribution in [0.2, 0.25) is 0 Å². The van der Waals surface area contributed by atoms with Crippen LogP contribution in [0.1, 0.15) is 20.8 Å². The van der Waals surface area contributed by atoms with Gasteiger partial charge in [0.1, 0.15) is 0 Å². The van der Waals surface area contributed by atoms with Gasteiger partial charge in [-0.1, -0.05) is 12.8 Å². The molecule has 3 nitrogen and oxygen atoms in total. The molecule has 0 rings (SSSR count). The molecule has 66 valence electrons. The predicted molar refractivity (Wildman–Crippen MR) is 49.5 cm³/mol. The van der Waals surface area contributed by atoms with Gasteiger partial charge in [-0.25, -0.2) is 4.31 Å². The summed E-state index contributed by atoms with van der Waals surface area (Å²) in [6.07, 6.45) is 0. The summed E-state index contributed by atoms with van der Waals surface area (Å²) >= 11 is 4.19. The second kappa shape index (κ2) is 4.62. The van der Waals surface area contributed by atoms with Gasteiger partial charge in [0, 0.05) is 13.1 Å². The highest BCUT2D eigenvalue weighted by Crippen LogP contribution is 2.07. The molecule has 0 spiro atoms. The van der Waals surface area contributed by atoms with Crippen LogP contribution in [0.3, 0.4) is 0 Å². The molecule has 0 aromatic heterocycles. The van der Waals surface area contributed by atoms with Gasteiger partial charge in [0.15, 0.2) is 0 Å². The van der Waals surface area contributed by atoms with Crippen LogP contribution in [0, 0.1) is 0 Å². The fourth-order valence-corrected chi connectivity index (χ4v) is 0.881. The van der Waals surface area contributed by atoms with Crippen molar-refractivity contribution in [3.8, 4) is 0 Å². The van der Waals surface area contributed by atoms with Crippen LogP contribution in [0.5, 0.6) is 0 Å². The van der Waals surface area contributed by atoms with Crippen molar-refractivity contribution >= 4 is 18.7 Å². The second-order valence-corrected chi connectivity index (χ2v) is 3.23. The van der Waals surface area contributed by atoms with Crippen molar-refractivity contribution in [1.82, 2.24) is 9.62 Å². The van der Waals surface area contributed by atoms with E-state index in [-0.39, 0.29) is 18.0 Å². The van der Waals surface area contributed by atoms with Crippen molar-refractivity contribution in [3.63, 3.8) is 0 Å². The van der Waals surface area contributed by atoms with Crippen molar-refractivity contribution in [2.45, 2.75) is 32.9 Å². The van der Waals surface area contributed by atoms with Crippen LogP contribution in [-0.4, -0.2) is 29.3 Å². The van der Waals surface area contributed by atoms with E-state index in [1.54, 1.807) is 11.4 Å². The van der Waals surface area contributed by atoms with Crippen molar-refractivity contribution in [2.24, 2.45) is 0 Å². The van der Waals surface area contributed by atoms with Gasteiger partial charge < -0.3 is 5.32 Å². The molecule has 1 atom stereocenters. The van der Waals surface area contributed by atoms with E-state index in [0.717, 1.165) is 0 Å². The third kappa shape index (κ3) is 3.12. The lowest BCUT2D eigenvalue weighted by molar-refractivity contribution is -0.124. The maximum atomic E-state index is 11.1. The average molecular weight is 176 g/mol. The highest BCUT2D eigenvalue weighted by Gasteiger charge is 2.19. The van der Waals surface area contributed by atoms with Gasteiger partial charge in [-0.3, -0.25) is 4.79 Å². The van der Waals surface area contributed by atoms with Gasteiger partial charge >= 0.3 is 0 Å². The van der Waals surface area contributed by atoms with Crippen LogP contribution in [0.4, 0.5) is 0 Å². The number of likely N-dealkylation sites (N-methyl/N-ethyl adjacent to an activating group) is 1. The molecule has 1 amide bonds. The average Bonchev–Trinajstić information content (AvgIpc) is 2.00. The monoisotopic (exact) mass is 176 g/mol. The van der Waals surface area contributed by atoms with Gasteiger partial charge in [-0.15, -0.1) is 0 Å². The summed E-state index contributed by atoms with van der Waals surface area (Å²) < 4.78 is 1.72. The molecule has 1 N–H and O–H groups in total. The Balaban J connectivity index is 4.01. The number of nitrogens with one attached hydrogen (secondary N) is 1. The fourth-order valence-electron chi connectivity index (χ4n) is 0.776. The normalized spacial score (nSPS) is 13.7. The summed E-state index contributed by atoms with van der Waals surface area (Å²) in [5.74, 6) is -0.00583. The number of hydrogen-bond donors (Lipinski definition) is 2. The lowest BCUT2D eigenvalue weighted by Crippen LogP contribution is -2.42.